The lowest BCUT2D eigenvalue weighted by Crippen LogP contribution is -2.09. The maximum absolute atomic E-state index is 11.7. The maximum atomic E-state index is 11.7. The molecular formula is C9H9N5O. The van der Waals surface area contributed by atoms with Crippen molar-refractivity contribution >= 4 is 5.78 Å². The summed E-state index contributed by atoms with van der Waals surface area (Å²) in [5.74, 6) is 0.595. The van der Waals surface area contributed by atoms with Crippen LogP contribution in [0.5, 0.6) is 0 Å². The van der Waals surface area contributed by atoms with E-state index < -0.39 is 0 Å². The summed E-state index contributed by atoms with van der Waals surface area (Å²) in [4.78, 5) is 15.7. The van der Waals surface area contributed by atoms with Crippen LogP contribution in [0.4, 0.5) is 0 Å². The van der Waals surface area contributed by atoms with E-state index in [0.717, 1.165) is 0 Å². The summed E-state index contributed by atoms with van der Waals surface area (Å²) < 4.78 is 1.58. The third-order valence-corrected chi connectivity index (χ3v) is 2.03. The van der Waals surface area contributed by atoms with Crippen LogP contribution in [0.1, 0.15) is 16.2 Å². The van der Waals surface area contributed by atoms with E-state index in [4.69, 9.17) is 0 Å². The van der Waals surface area contributed by atoms with Gasteiger partial charge in [0.25, 0.3) is 0 Å². The Hall–Kier alpha value is -2.11. The van der Waals surface area contributed by atoms with Gasteiger partial charge in [0.15, 0.2) is 5.78 Å². The molecule has 0 amide bonds. The largest absolute Gasteiger partial charge is 0.294 e. The van der Waals surface area contributed by atoms with Crippen LogP contribution in [0, 0.1) is 0 Å². The lowest BCUT2D eigenvalue weighted by molar-refractivity contribution is 0.0989. The SMILES string of the molecule is Cn1ncnc1CC(=O)c1ccnnc1. The Labute approximate surface area is 86.0 Å². The van der Waals surface area contributed by atoms with Crippen molar-refractivity contribution < 1.29 is 4.79 Å². The third kappa shape index (κ3) is 2.04. The zero-order chi connectivity index (χ0) is 10.7. The molecule has 0 N–H and O–H groups in total. The Morgan fingerprint density at radius 3 is 2.93 bits per heavy atom. The van der Waals surface area contributed by atoms with E-state index in [2.05, 4.69) is 20.3 Å². The van der Waals surface area contributed by atoms with E-state index in [1.165, 1.54) is 18.7 Å². The highest BCUT2D eigenvalue weighted by Gasteiger charge is 2.10. The third-order valence-electron chi connectivity index (χ3n) is 2.03. The Bertz CT molecular complexity index is 464. The van der Waals surface area contributed by atoms with Gasteiger partial charge in [-0.2, -0.15) is 15.3 Å². The van der Waals surface area contributed by atoms with Crippen LogP contribution in [0.25, 0.3) is 0 Å². The lowest BCUT2D eigenvalue weighted by atomic mass is 10.1. The first-order valence-corrected chi connectivity index (χ1v) is 4.40. The lowest BCUT2D eigenvalue weighted by Gasteiger charge is -1.99. The number of nitrogens with zero attached hydrogens (tertiary/aromatic N) is 5. The molecule has 0 saturated heterocycles. The second-order valence-corrected chi connectivity index (χ2v) is 3.03. The highest BCUT2D eigenvalue weighted by Crippen LogP contribution is 2.02. The highest BCUT2D eigenvalue weighted by molar-refractivity contribution is 5.96. The normalized spacial score (nSPS) is 10.2. The molecular weight excluding hydrogens is 194 g/mol. The van der Waals surface area contributed by atoms with Gasteiger partial charge in [-0.3, -0.25) is 9.48 Å². The second kappa shape index (κ2) is 3.95. The fourth-order valence-corrected chi connectivity index (χ4v) is 1.18. The Kier molecular flexibility index (Phi) is 2.49. The van der Waals surface area contributed by atoms with Crippen molar-refractivity contribution in [3.63, 3.8) is 0 Å². The number of Topliss-reactive ketones (excluding diaryl/α,β-unsaturated/α-hetero) is 1. The van der Waals surface area contributed by atoms with Gasteiger partial charge in [0.1, 0.15) is 12.2 Å². The molecule has 0 atom stereocenters. The topological polar surface area (TPSA) is 73.6 Å². The fourth-order valence-electron chi connectivity index (χ4n) is 1.18. The fraction of sp³-hybridized carbons (Fsp3) is 0.222. The van der Waals surface area contributed by atoms with E-state index in [1.54, 1.807) is 17.8 Å². The molecule has 0 spiro atoms. The first kappa shape index (κ1) is 9.45. The van der Waals surface area contributed by atoms with Crippen LogP contribution in [0.2, 0.25) is 0 Å². The summed E-state index contributed by atoms with van der Waals surface area (Å²) in [6.07, 6.45) is 4.58. The van der Waals surface area contributed by atoms with Crippen molar-refractivity contribution in [2.45, 2.75) is 6.42 Å². The minimum Gasteiger partial charge on any atom is -0.294 e. The van der Waals surface area contributed by atoms with Crippen LogP contribution in [0.15, 0.2) is 24.8 Å². The minimum atomic E-state index is -0.0407. The van der Waals surface area contributed by atoms with Gasteiger partial charge >= 0.3 is 0 Å². The molecule has 2 aromatic heterocycles. The summed E-state index contributed by atoms with van der Waals surface area (Å²) >= 11 is 0. The number of carbonyl (C=O) groups is 1. The number of rotatable bonds is 3. The number of hydrogen-bond donors (Lipinski definition) is 0. The zero-order valence-electron chi connectivity index (χ0n) is 8.16. The van der Waals surface area contributed by atoms with Crippen LogP contribution >= 0.6 is 0 Å². The predicted octanol–water partition coefficient (Wildman–Crippen LogP) is 0.0305. The molecule has 0 aromatic carbocycles. The van der Waals surface area contributed by atoms with E-state index in [-0.39, 0.29) is 12.2 Å². The molecule has 0 radical (unpaired) electrons. The van der Waals surface area contributed by atoms with E-state index >= 15 is 0 Å². The van der Waals surface area contributed by atoms with Gasteiger partial charge < -0.3 is 0 Å². The molecule has 0 aliphatic carbocycles. The van der Waals surface area contributed by atoms with Gasteiger partial charge in [-0.15, -0.1) is 0 Å². The average Bonchev–Trinajstić information content (AvgIpc) is 2.66. The summed E-state index contributed by atoms with van der Waals surface area (Å²) in [6, 6.07) is 1.63. The van der Waals surface area contributed by atoms with Gasteiger partial charge in [-0.05, 0) is 6.07 Å². The smallest absolute Gasteiger partial charge is 0.172 e. The van der Waals surface area contributed by atoms with E-state index in [1.807, 2.05) is 0 Å². The van der Waals surface area contributed by atoms with Gasteiger partial charge in [-0.25, -0.2) is 4.98 Å². The first-order chi connectivity index (χ1) is 7.27. The monoisotopic (exact) mass is 203 g/mol. The van der Waals surface area contributed by atoms with Crippen molar-refractivity contribution in [3.05, 3.63) is 36.2 Å². The summed E-state index contributed by atoms with van der Waals surface area (Å²) in [5, 5.41) is 11.1. The predicted molar refractivity (Wildman–Crippen MR) is 51.1 cm³/mol. The Morgan fingerprint density at radius 1 is 1.47 bits per heavy atom. The molecule has 2 heterocycles. The molecule has 0 aliphatic heterocycles. The zero-order valence-corrected chi connectivity index (χ0v) is 8.16. The molecule has 0 aliphatic rings. The molecule has 2 aromatic rings. The van der Waals surface area contributed by atoms with Crippen molar-refractivity contribution in [2.75, 3.05) is 0 Å². The van der Waals surface area contributed by atoms with Crippen molar-refractivity contribution in [3.8, 4) is 0 Å². The molecule has 2 rings (SSSR count). The van der Waals surface area contributed by atoms with Crippen LogP contribution < -0.4 is 0 Å². The molecule has 15 heavy (non-hydrogen) atoms. The van der Waals surface area contributed by atoms with Gasteiger partial charge in [-0.1, -0.05) is 0 Å². The molecule has 0 bridgehead atoms. The number of hydrogen-bond acceptors (Lipinski definition) is 5. The van der Waals surface area contributed by atoms with E-state index in [0.29, 0.717) is 11.4 Å². The van der Waals surface area contributed by atoms with Crippen LogP contribution in [-0.4, -0.2) is 30.7 Å². The second-order valence-electron chi connectivity index (χ2n) is 3.03. The highest BCUT2D eigenvalue weighted by atomic mass is 16.1. The Morgan fingerprint density at radius 2 is 2.33 bits per heavy atom. The van der Waals surface area contributed by atoms with Crippen molar-refractivity contribution in [1.82, 2.24) is 25.0 Å². The van der Waals surface area contributed by atoms with E-state index in [9.17, 15) is 4.79 Å². The summed E-state index contributed by atoms with van der Waals surface area (Å²) in [6.45, 7) is 0. The molecule has 0 unspecified atom stereocenters. The quantitative estimate of drug-likeness (QED) is 0.658. The molecule has 0 saturated carbocycles. The number of aromatic nitrogens is 5. The van der Waals surface area contributed by atoms with Gasteiger partial charge in [0, 0.05) is 12.6 Å². The number of carbonyl (C=O) groups excluding carboxylic acids is 1. The average molecular weight is 203 g/mol. The van der Waals surface area contributed by atoms with Crippen molar-refractivity contribution in [1.29, 1.82) is 0 Å². The number of aryl methyl sites for hydroxylation is 1. The van der Waals surface area contributed by atoms with Crippen molar-refractivity contribution in [2.24, 2.45) is 7.05 Å². The van der Waals surface area contributed by atoms with Crippen LogP contribution in [-0.2, 0) is 13.5 Å². The summed E-state index contributed by atoms with van der Waals surface area (Å²) in [5.41, 5.74) is 0.535. The van der Waals surface area contributed by atoms with Crippen LogP contribution in [0.3, 0.4) is 0 Å². The molecule has 6 heteroatoms. The minimum absolute atomic E-state index is 0.0407. The maximum Gasteiger partial charge on any atom is 0.172 e. The molecule has 0 fully saturated rings. The standard InChI is InChI=1S/C9H9N5O/c1-14-9(10-6-13-14)4-8(15)7-2-3-11-12-5-7/h2-3,5-6H,4H2,1H3. The van der Waals surface area contributed by atoms with Gasteiger partial charge in [0.2, 0.25) is 0 Å². The number of ketones is 1. The Balaban J connectivity index is 2.15. The molecule has 6 nitrogen and oxygen atoms in total. The van der Waals surface area contributed by atoms with Gasteiger partial charge in [0.05, 0.1) is 18.8 Å². The molecule has 76 valence electrons. The first-order valence-electron chi connectivity index (χ1n) is 4.40. The summed E-state index contributed by atoms with van der Waals surface area (Å²) in [7, 11) is 1.75.